The molecule has 0 radical (unpaired) electrons. The summed E-state index contributed by atoms with van der Waals surface area (Å²) >= 11 is 1.68. The van der Waals surface area contributed by atoms with E-state index in [9.17, 15) is 8.78 Å². The van der Waals surface area contributed by atoms with Crippen molar-refractivity contribution < 1.29 is 13.5 Å². The van der Waals surface area contributed by atoms with Crippen molar-refractivity contribution in [2.45, 2.75) is 24.7 Å². The second-order valence-electron chi connectivity index (χ2n) is 4.52. The van der Waals surface area contributed by atoms with Gasteiger partial charge in [0.15, 0.2) is 6.61 Å². The summed E-state index contributed by atoms with van der Waals surface area (Å²) in [6, 6.07) is 7.22. The molecule has 0 spiro atoms. The van der Waals surface area contributed by atoms with Gasteiger partial charge in [-0.15, -0.1) is 11.8 Å². The fourth-order valence-electron chi connectivity index (χ4n) is 1.67. The Morgan fingerprint density at radius 3 is 2.67 bits per heavy atom. The Hall–Kier alpha value is -1.69. The molecule has 0 amide bonds. The number of aromatic nitrogens is 2. The predicted octanol–water partition coefficient (Wildman–Crippen LogP) is 4.29. The van der Waals surface area contributed by atoms with E-state index < -0.39 is 12.5 Å². The first-order valence-electron chi connectivity index (χ1n) is 6.54. The maximum Gasteiger partial charge on any atom is 0.278 e. The van der Waals surface area contributed by atoms with Crippen LogP contribution in [0.1, 0.15) is 13.8 Å². The Morgan fingerprint density at radius 1 is 1.24 bits per heavy atom. The molecule has 0 aliphatic heterocycles. The fraction of sp³-hybridized carbons (Fsp3) is 0.333. The highest BCUT2D eigenvalue weighted by atomic mass is 32.2. The summed E-state index contributed by atoms with van der Waals surface area (Å²) in [4.78, 5) is 9.63. The summed E-state index contributed by atoms with van der Waals surface area (Å²) in [5.41, 5.74) is 1.49. The topological polar surface area (TPSA) is 35.0 Å². The minimum absolute atomic E-state index is 0.320. The van der Waals surface area contributed by atoms with Crippen molar-refractivity contribution in [3.63, 3.8) is 0 Å². The number of halogens is 2. The molecule has 0 saturated heterocycles. The van der Waals surface area contributed by atoms with Gasteiger partial charge in [0.05, 0.1) is 11.9 Å². The van der Waals surface area contributed by atoms with Gasteiger partial charge in [0.25, 0.3) is 5.92 Å². The van der Waals surface area contributed by atoms with E-state index in [0.29, 0.717) is 11.4 Å². The number of hydrogen-bond acceptors (Lipinski definition) is 4. The first-order valence-corrected chi connectivity index (χ1v) is 7.53. The second-order valence-corrected chi connectivity index (χ2v) is 5.83. The van der Waals surface area contributed by atoms with E-state index in [0.717, 1.165) is 23.3 Å². The molecule has 0 bridgehead atoms. The van der Waals surface area contributed by atoms with Gasteiger partial charge in [0.2, 0.25) is 0 Å². The monoisotopic (exact) mass is 310 g/mol. The van der Waals surface area contributed by atoms with Gasteiger partial charge < -0.3 is 4.74 Å². The highest BCUT2D eigenvalue weighted by Gasteiger charge is 2.22. The molecule has 112 valence electrons. The SMILES string of the molecule is CCSc1cccnc1-c1ccc(OCC(C)(F)F)cn1. The van der Waals surface area contributed by atoms with E-state index in [-0.39, 0.29) is 0 Å². The highest BCUT2D eigenvalue weighted by molar-refractivity contribution is 7.99. The molecule has 0 aliphatic rings. The predicted molar refractivity (Wildman–Crippen MR) is 80.0 cm³/mol. The van der Waals surface area contributed by atoms with Crippen LogP contribution >= 0.6 is 11.8 Å². The lowest BCUT2D eigenvalue weighted by Crippen LogP contribution is -2.20. The Morgan fingerprint density at radius 2 is 2.05 bits per heavy atom. The van der Waals surface area contributed by atoms with E-state index in [1.807, 2.05) is 12.1 Å². The Labute approximate surface area is 126 Å². The van der Waals surface area contributed by atoms with E-state index in [2.05, 4.69) is 16.9 Å². The number of nitrogens with zero attached hydrogens (tertiary/aromatic N) is 2. The molecule has 2 aromatic rings. The molecule has 0 aromatic carbocycles. The molecular weight excluding hydrogens is 294 g/mol. The van der Waals surface area contributed by atoms with Crippen LogP contribution in [-0.2, 0) is 0 Å². The molecule has 2 aromatic heterocycles. The molecule has 21 heavy (non-hydrogen) atoms. The summed E-state index contributed by atoms with van der Waals surface area (Å²) in [7, 11) is 0. The van der Waals surface area contributed by atoms with Crippen molar-refractivity contribution in [1.29, 1.82) is 0 Å². The van der Waals surface area contributed by atoms with Crippen LogP contribution in [0.2, 0.25) is 0 Å². The maximum atomic E-state index is 12.7. The highest BCUT2D eigenvalue weighted by Crippen LogP contribution is 2.28. The van der Waals surface area contributed by atoms with Gasteiger partial charge in [-0.05, 0) is 30.0 Å². The average molecular weight is 310 g/mol. The molecule has 0 atom stereocenters. The quantitative estimate of drug-likeness (QED) is 0.746. The van der Waals surface area contributed by atoms with Crippen LogP contribution in [0.15, 0.2) is 41.6 Å². The van der Waals surface area contributed by atoms with E-state index in [4.69, 9.17) is 4.74 Å². The van der Waals surface area contributed by atoms with Gasteiger partial charge in [0.1, 0.15) is 11.4 Å². The Kier molecular flexibility index (Phi) is 5.12. The van der Waals surface area contributed by atoms with Gasteiger partial charge in [-0.25, -0.2) is 8.78 Å². The minimum Gasteiger partial charge on any atom is -0.486 e. The zero-order valence-corrected chi connectivity index (χ0v) is 12.7. The normalized spacial score (nSPS) is 11.4. The van der Waals surface area contributed by atoms with Crippen LogP contribution in [0.5, 0.6) is 5.75 Å². The van der Waals surface area contributed by atoms with Crippen LogP contribution in [0.3, 0.4) is 0 Å². The fourth-order valence-corrected chi connectivity index (χ4v) is 2.45. The van der Waals surface area contributed by atoms with Crippen molar-refractivity contribution in [2.24, 2.45) is 0 Å². The summed E-state index contributed by atoms with van der Waals surface area (Å²) in [5.74, 6) is -1.60. The summed E-state index contributed by atoms with van der Waals surface area (Å²) in [6.07, 6.45) is 3.15. The molecule has 0 unspecified atom stereocenters. The third-order valence-corrected chi connectivity index (χ3v) is 3.47. The van der Waals surface area contributed by atoms with Gasteiger partial charge in [-0.3, -0.25) is 9.97 Å². The molecule has 0 aliphatic carbocycles. The second kappa shape index (κ2) is 6.85. The van der Waals surface area contributed by atoms with E-state index >= 15 is 0 Å². The number of alkyl halides is 2. The Bertz CT molecular complexity index is 585. The number of rotatable bonds is 6. The van der Waals surface area contributed by atoms with Crippen molar-refractivity contribution in [2.75, 3.05) is 12.4 Å². The van der Waals surface area contributed by atoms with Crippen molar-refractivity contribution in [3.05, 3.63) is 36.7 Å². The molecule has 0 N–H and O–H groups in total. The van der Waals surface area contributed by atoms with E-state index in [1.54, 1.807) is 30.1 Å². The van der Waals surface area contributed by atoms with E-state index in [1.165, 1.54) is 6.20 Å². The molecule has 2 heterocycles. The number of ether oxygens (including phenoxy) is 1. The minimum atomic E-state index is -2.86. The maximum absolute atomic E-state index is 12.7. The Balaban J connectivity index is 2.15. The van der Waals surface area contributed by atoms with Gasteiger partial charge in [-0.2, -0.15) is 0 Å². The zero-order valence-electron chi connectivity index (χ0n) is 11.8. The smallest absolute Gasteiger partial charge is 0.278 e. The summed E-state index contributed by atoms with van der Waals surface area (Å²) < 4.78 is 30.5. The summed E-state index contributed by atoms with van der Waals surface area (Å²) in [6.45, 7) is 2.22. The number of hydrogen-bond donors (Lipinski definition) is 0. The lowest BCUT2D eigenvalue weighted by Gasteiger charge is -2.12. The van der Waals surface area contributed by atoms with Crippen molar-refractivity contribution in [3.8, 4) is 17.1 Å². The molecule has 0 fully saturated rings. The molecule has 0 saturated carbocycles. The third-order valence-electron chi connectivity index (χ3n) is 2.54. The van der Waals surface area contributed by atoms with Crippen molar-refractivity contribution in [1.82, 2.24) is 9.97 Å². The largest absolute Gasteiger partial charge is 0.486 e. The van der Waals surface area contributed by atoms with Crippen LogP contribution in [-0.4, -0.2) is 28.3 Å². The van der Waals surface area contributed by atoms with Crippen LogP contribution in [0, 0.1) is 0 Å². The first kappa shape index (κ1) is 15.7. The average Bonchev–Trinajstić information content (AvgIpc) is 2.46. The summed E-state index contributed by atoms with van der Waals surface area (Å²) in [5, 5.41) is 0. The zero-order chi connectivity index (χ0) is 15.3. The van der Waals surface area contributed by atoms with Crippen LogP contribution in [0.25, 0.3) is 11.4 Å². The molecular formula is C15H16F2N2OS. The first-order chi connectivity index (χ1) is 9.99. The van der Waals surface area contributed by atoms with Gasteiger partial charge >= 0.3 is 0 Å². The molecule has 6 heteroatoms. The molecule has 2 rings (SSSR count). The number of pyridine rings is 2. The lowest BCUT2D eigenvalue weighted by molar-refractivity contribution is -0.0230. The van der Waals surface area contributed by atoms with Gasteiger partial charge in [-0.1, -0.05) is 6.92 Å². The standard InChI is InChI=1S/C15H16F2N2OS/c1-3-21-13-5-4-8-18-14(13)12-7-6-11(9-19-12)20-10-15(2,16)17/h4-9H,3,10H2,1-2H3. The van der Waals surface area contributed by atoms with Crippen LogP contribution in [0.4, 0.5) is 8.78 Å². The lowest BCUT2D eigenvalue weighted by atomic mass is 10.2. The number of thioether (sulfide) groups is 1. The van der Waals surface area contributed by atoms with Crippen molar-refractivity contribution >= 4 is 11.8 Å². The van der Waals surface area contributed by atoms with Gasteiger partial charge in [0, 0.05) is 18.0 Å². The third kappa shape index (κ3) is 4.67. The molecule has 3 nitrogen and oxygen atoms in total. The van der Waals surface area contributed by atoms with Crippen LogP contribution < -0.4 is 4.74 Å².